The maximum atomic E-state index is 13.7. The molecule has 1 aliphatic heterocycles. The second-order valence-corrected chi connectivity index (χ2v) is 5.10. The van der Waals surface area contributed by atoms with Crippen molar-refractivity contribution in [3.8, 4) is 5.69 Å². The van der Waals surface area contributed by atoms with Gasteiger partial charge >= 0.3 is 0 Å². The summed E-state index contributed by atoms with van der Waals surface area (Å²) in [6.45, 7) is 1.96. The van der Waals surface area contributed by atoms with E-state index >= 15 is 0 Å². The quantitative estimate of drug-likeness (QED) is 0.889. The Labute approximate surface area is 139 Å². The lowest BCUT2D eigenvalue weighted by Crippen LogP contribution is -2.43. The molecule has 0 bridgehead atoms. The summed E-state index contributed by atoms with van der Waals surface area (Å²) in [5, 5.41) is 10.0. The topological polar surface area (TPSA) is 68.2 Å². The van der Waals surface area contributed by atoms with E-state index in [1.807, 2.05) is 0 Å². The van der Waals surface area contributed by atoms with E-state index in [-0.39, 0.29) is 30.2 Å². The standard InChI is InChI=1S/C15H17FN4O2.ClH/c16-13-3-1-2-4-14(13)20-9-12(8-18-20)19-15(21)7-11-10-22-6-5-17-11;/h1-4,8-9,11,17H,5-7,10H2,(H,19,21);1H. The third-order valence-electron chi connectivity index (χ3n) is 3.40. The van der Waals surface area contributed by atoms with E-state index in [1.54, 1.807) is 24.4 Å². The molecule has 1 atom stereocenters. The molecule has 2 aromatic rings. The minimum Gasteiger partial charge on any atom is -0.378 e. The number of benzene rings is 1. The van der Waals surface area contributed by atoms with Crippen LogP contribution in [0.25, 0.3) is 5.69 Å². The fraction of sp³-hybridized carbons (Fsp3) is 0.333. The van der Waals surface area contributed by atoms with Gasteiger partial charge in [0, 0.05) is 19.0 Å². The Morgan fingerprint density at radius 3 is 3.04 bits per heavy atom. The van der Waals surface area contributed by atoms with Crippen molar-refractivity contribution in [2.75, 3.05) is 25.1 Å². The van der Waals surface area contributed by atoms with Gasteiger partial charge in [0.05, 0.1) is 31.3 Å². The van der Waals surface area contributed by atoms with Gasteiger partial charge in [0.1, 0.15) is 11.5 Å². The lowest BCUT2D eigenvalue weighted by Gasteiger charge is -2.23. The van der Waals surface area contributed by atoms with Crippen molar-refractivity contribution in [3.63, 3.8) is 0 Å². The van der Waals surface area contributed by atoms with E-state index in [0.717, 1.165) is 6.54 Å². The first kappa shape index (κ1) is 17.4. The summed E-state index contributed by atoms with van der Waals surface area (Å²) in [5.74, 6) is -0.497. The summed E-state index contributed by atoms with van der Waals surface area (Å²) in [4.78, 5) is 12.0. The Morgan fingerprint density at radius 2 is 2.30 bits per heavy atom. The molecule has 1 unspecified atom stereocenters. The van der Waals surface area contributed by atoms with Gasteiger partial charge < -0.3 is 15.4 Å². The zero-order valence-electron chi connectivity index (χ0n) is 12.4. The van der Waals surface area contributed by atoms with Crippen LogP contribution in [0.5, 0.6) is 0 Å². The molecule has 23 heavy (non-hydrogen) atoms. The van der Waals surface area contributed by atoms with Crippen molar-refractivity contribution in [3.05, 3.63) is 42.5 Å². The third-order valence-corrected chi connectivity index (χ3v) is 3.40. The van der Waals surface area contributed by atoms with Crippen LogP contribution in [0.2, 0.25) is 0 Å². The van der Waals surface area contributed by atoms with E-state index in [1.165, 1.54) is 16.9 Å². The zero-order chi connectivity index (χ0) is 15.4. The maximum Gasteiger partial charge on any atom is 0.226 e. The first-order valence-corrected chi connectivity index (χ1v) is 7.13. The van der Waals surface area contributed by atoms with Crippen LogP contribution < -0.4 is 10.6 Å². The van der Waals surface area contributed by atoms with Crippen LogP contribution in [-0.4, -0.2) is 41.5 Å². The summed E-state index contributed by atoms with van der Waals surface area (Å²) < 4.78 is 20.4. The van der Waals surface area contributed by atoms with Gasteiger partial charge in [0.15, 0.2) is 0 Å². The van der Waals surface area contributed by atoms with Gasteiger partial charge in [0.2, 0.25) is 5.91 Å². The first-order chi connectivity index (χ1) is 10.7. The number of hydrogen-bond donors (Lipinski definition) is 2. The molecule has 2 heterocycles. The van der Waals surface area contributed by atoms with Crippen LogP contribution in [0.4, 0.5) is 10.1 Å². The number of anilines is 1. The summed E-state index contributed by atoms with van der Waals surface area (Å²) in [6.07, 6.45) is 3.40. The fourth-order valence-electron chi connectivity index (χ4n) is 2.34. The van der Waals surface area contributed by atoms with Crippen molar-refractivity contribution in [1.29, 1.82) is 0 Å². The average molecular weight is 341 g/mol. The van der Waals surface area contributed by atoms with Crippen molar-refractivity contribution in [2.45, 2.75) is 12.5 Å². The molecule has 8 heteroatoms. The number of carbonyl (C=O) groups is 1. The second-order valence-electron chi connectivity index (χ2n) is 5.10. The van der Waals surface area contributed by atoms with Gasteiger partial charge in [-0.2, -0.15) is 5.10 Å². The highest BCUT2D eigenvalue weighted by Crippen LogP contribution is 2.15. The zero-order valence-corrected chi connectivity index (χ0v) is 13.2. The summed E-state index contributed by atoms with van der Waals surface area (Å²) in [5.41, 5.74) is 0.871. The molecule has 6 nitrogen and oxygen atoms in total. The number of hydrogen-bond acceptors (Lipinski definition) is 4. The molecule has 0 aliphatic carbocycles. The van der Waals surface area contributed by atoms with Gasteiger partial charge in [-0.15, -0.1) is 12.4 Å². The predicted molar refractivity (Wildman–Crippen MR) is 86.6 cm³/mol. The molecule has 0 spiro atoms. The van der Waals surface area contributed by atoms with E-state index < -0.39 is 0 Å². The Balaban J connectivity index is 0.00000192. The first-order valence-electron chi connectivity index (χ1n) is 7.13. The Kier molecular flexibility index (Phi) is 6.09. The largest absolute Gasteiger partial charge is 0.378 e. The molecule has 1 aromatic heterocycles. The monoisotopic (exact) mass is 340 g/mol. The SMILES string of the molecule is Cl.O=C(CC1COCCN1)Nc1cnn(-c2ccccc2F)c1. The number of amides is 1. The lowest BCUT2D eigenvalue weighted by atomic mass is 10.2. The van der Waals surface area contributed by atoms with Crippen LogP contribution in [0.15, 0.2) is 36.7 Å². The molecule has 0 radical (unpaired) electrons. The molecule has 1 aliphatic rings. The number of nitrogens with one attached hydrogen (secondary N) is 2. The minimum atomic E-state index is -0.368. The smallest absolute Gasteiger partial charge is 0.226 e. The second kappa shape index (κ2) is 8.05. The van der Waals surface area contributed by atoms with E-state index in [9.17, 15) is 9.18 Å². The van der Waals surface area contributed by atoms with Crippen molar-refractivity contribution in [2.24, 2.45) is 0 Å². The molecule has 124 valence electrons. The number of para-hydroxylation sites is 1. The number of carbonyl (C=O) groups excluding carboxylic acids is 1. The molecule has 3 rings (SSSR count). The van der Waals surface area contributed by atoms with Crippen LogP contribution in [0, 0.1) is 5.82 Å². The highest BCUT2D eigenvalue weighted by atomic mass is 35.5. The lowest BCUT2D eigenvalue weighted by molar-refractivity contribution is -0.117. The summed E-state index contributed by atoms with van der Waals surface area (Å²) >= 11 is 0. The van der Waals surface area contributed by atoms with Crippen molar-refractivity contribution >= 4 is 24.0 Å². The molecule has 1 aromatic carbocycles. The molecular weight excluding hydrogens is 323 g/mol. The highest BCUT2D eigenvalue weighted by molar-refractivity contribution is 5.90. The van der Waals surface area contributed by atoms with E-state index in [2.05, 4.69) is 15.7 Å². The maximum absolute atomic E-state index is 13.7. The molecule has 2 N–H and O–H groups in total. The predicted octanol–water partition coefficient (Wildman–Crippen LogP) is 1.75. The number of nitrogens with zero attached hydrogens (tertiary/aromatic N) is 2. The Morgan fingerprint density at radius 1 is 1.48 bits per heavy atom. The normalized spacial score (nSPS) is 17.3. The number of morpholine rings is 1. The van der Waals surface area contributed by atoms with Crippen molar-refractivity contribution < 1.29 is 13.9 Å². The van der Waals surface area contributed by atoms with Crippen LogP contribution >= 0.6 is 12.4 Å². The molecule has 1 fully saturated rings. The summed E-state index contributed by atoms with van der Waals surface area (Å²) in [6, 6.07) is 6.36. The van der Waals surface area contributed by atoms with Gasteiger partial charge in [-0.3, -0.25) is 4.79 Å². The molecule has 0 saturated carbocycles. The van der Waals surface area contributed by atoms with Gasteiger partial charge in [-0.05, 0) is 12.1 Å². The third kappa shape index (κ3) is 4.51. The van der Waals surface area contributed by atoms with Gasteiger partial charge in [-0.25, -0.2) is 9.07 Å². The summed E-state index contributed by atoms with van der Waals surface area (Å²) in [7, 11) is 0. The van der Waals surface area contributed by atoms with Crippen molar-refractivity contribution in [1.82, 2.24) is 15.1 Å². The number of aromatic nitrogens is 2. The fourth-order valence-corrected chi connectivity index (χ4v) is 2.34. The van der Waals surface area contributed by atoms with Gasteiger partial charge in [0.25, 0.3) is 0 Å². The Bertz CT molecular complexity index is 658. The molecule has 1 amide bonds. The van der Waals surface area contributed by atoms with E-state index in [0.29, 0.717) is 31.0 Å². The van der Waals surface area contributed by atoms with Crippen LogP contribution in [0.3, 0.4) is 0 Å². The average Bonchev–Trinajstić information content (AvgIpc) is 2.97. The number of ether oxygens (including phenoxy) is 1. The Hall–Kier alpha value is -1.96. The highest BCUT2D eigenvalue weighted by Gasteiger charge is 2.17. The molecular formula is C15H18ClFN4O2. The van der Waals surface area contributed by atoms with Crippen LogP contribution in [-0.2, 0) is 9.53 Å². The minimum absolute atomic E-state index is 0. The molecule has 1 saturated heterocycles. The van der Waals surface area contributed by atoms with E-state index in [4.69, 9.17) is 4.74 Å². The number of rotatable bonds is 4. The van der Waals surface area contributed by atoms with Crippen LogP contribution in [0.1, 0.15) is 6.42 Å². The van der Waals surface area contributed by atoms with Gasteiger partial charge in [-0.1, -0.05) is 12.1 Å². The number of halogens is 2.